The Labute approximate surface area is 170 Å². The summed E-state index contributed by atoms with van der Waals surface area (Å²) in [5, 5.41) is 8.39. The molecule has 7 heteroatoms. The Morgan fingerprint density at radius 2 is 1.83 bits per heavy atom. The van der Waals surface area contributed by atoms with Gasteiger partial charge >= 0.3 is 6.03 Å². The van der Waals surface area contributed by atoms with Crippen molar-refractivity contribution in [2.24, 2.45) is 5.41 Å². The molecule has 0 bridgehead atoms. The number of fused-ring (bicyclic) bond motifs is 1. The van der Waals surface area contributed by atoms with E-state index in [1.165, 1.54) is 0 Å². The molecule has 1 aliphatic heterocycles. The van der Waals surface area contributed by atoms with Crippen LogP contribution in [-0.2, 0) is 4.79 Å². The number of unbranched alkanes of at least 4 members (excludes halogenated alkanes) is 1. The molecular formula is C22H27N3O4. The minimum atomic E-state index is -0.629. The van der Waals surface area contributed by atoms with Crippen LogP contribution in [0.15, 0.2) is 42.5 Å². The second-order valence-corrected chi connectivity index (χ2v) is 7.64. The number of amides is 3. The summed E-state index contributed by atoms with van der Waals surface area (Å²) in [7, 11) is 0. The smallest absolute Gasteiger partial charge is 0.323 e. The average Bonchev–Trinajstić information content (AvgIpc) is 2.79. The molecule has 154 valence electrons. The molecule has 0 spiro atoms. The maximum atomic E-state index is 12.3. The molecule has 0 aliphatic carbocycles. The van der Waals surface area contributed by atoms with Crippen molar-refractivity contribution in [1.82, 2.24) is 0 Å². The fraction of sp³-hybridized carbons (Fsp3) is 0.364. The number of hydrogen-bond acceptors (Lipinski definition) is 4. The van der Waals surface area contributed by atoms with Gasteiger partial charge in [0.2, 0.25) is 5.91 Å². The molecule has 3 rings (SSSR count). The predicted octanol–water partition coefficient (Wildman–Crippen LogP) is 4.87. The summed E-state index contributed by atoms with van der Waals surface area (Å²) in [6, 6.07) is 12.0. The van der Waals surface area contributed by atoms with Gasteiger partial charge in [0.1, 0.15) is 18.1 Å². The largest absolute Gasteiger partial charge is 0.494 e. The highest BCUT2D eigenvalue weighted by Gasteiger charge is 2.32. The molecule has 2 aromatic carbocycles. The van der Waals surface area contributed by atoms with E-state index < -0.39 is 5.41 Å². The number of benzene rings is 2. The van der Waals surface area contributed by atoms with Crippen LogP contribution in [0, 0.1) is 5.41 Å². The van der Waals surface area contributed by atoms with Crippen LogP contribution in [0.25, 0.3) is 0 Å². The Balaban J connectivity index is 1.59. The van der Waals surface area contributed by atoms with E-state index >= 15 is 0 Å². The molecule has 0 saturated carbocycles. The highest BCUT2D eigenvalue weighted by atomic mass is 16.5. The van der Waals surface area contributed by atoms with Crippen molar-refractivity contribution in [1.29, 1.82) is 0 Å². The van der Waals surface area contributed by atoms with Crippen LogP contribution < -0.4 is 25.4 Å². The van der Waals surface area contributed by atoms with E-state index in [1.807, 2.05) is 26.0 Å². The van der Waals surface area contributed by atoms with Crippen molar-refractivity contribution in [2.75, 3.05) is 29.2 Å². The molecule has 0 radical (unpaired) electrons. The lowest BCUT2D eigenvalue weighted by Gasteiger charge is -2.18. The summed E-state index contributed by atoms with van der Waals surface area (Å²) in [6.07, 6.45) is 2.09. The summed E-state index contributed by atoms with van der Waals surface area (Å²) < 4.78 is 11.3. The quantitative estimate of drug-likeness (QED) is 0.607. The maximum absolute atomic E-state index is 12.3. The molecular weight excluding hydrogens is 370 g/mol. The van der Waals surface area contributed by atoms with Crippen LogP contribution >= 0.6 is 0 Å². The third-order valence-electron chi connectivity index (χ3n) is 4.57. The molecule has 3 N–H and O–H groups in total. The molecule has 0 unspecified atom stereocenters. The fourth-order valence-electron chi connectivity index (χ4n) is 2.71. The van der Waals surface area contributed by atoms with Crippen LogP contribution in [-0.4, -0.2) is 25.2 Å². The minimum Gasteiger partial charge on any atom is -0.494 e. The molecule has 1 aliphatic rings. The van der Waals surface area contributed by atoms with Crippen molar-refractivity contribution < 1.29 is 19.1 Å². The first-order valence-electron chi connectivity index (χ1n) is 9.76. The van der Waals surface area contributed by atoms with E-state index in [4.69, 9.17) is 9.47 Å². The Bertz CT molecular complexity index is 878. The second kappa shape index (κ2) is 8.86. The number of carbonyl (C=O) groups is 2. The number of anilines is 3. The standard InChI is InChI=1S/C22H27N3O4/c1-4-5-12-28-17-9-6-15(7-10-17)23-21(27)24-16-8-11-19-18(13-16)25-20(26)22(2,3)14-29-19/h6-11,13H,4-5,12,14H2,1-3H3,(H,25,26)(H2,23,24,27). The predicted molar refractivity (Wildman–Crippen MR) is 114 cm³/mol. The van der Waals surface area contributed by atoms with Gasteiger partial charge in [-0.15, -0.1) is 0 Å². The topological polar surface area (TPSA) is 88.7 Å². The molecule has 0 atom stereocenters. The summed E-state index contributed by atoms with van der Waals surface area (Å²) in [4.78, 5) is 24.6. The molecule has 0 aromatic heterocycles. The number of hydrogen-bond donors (Lipinski definition) is 3. The van der Waals surface area contributed by atoms with Gasteiger partial charge in [-0.3, -0.25) is 4.79 Å². The summed E-state index contributed by atoms with van der Waals surface area (Å²) in [5.41, 5.74) is 1.10. The normalized spacial score (nSPS) is 14.7. The summed E-state index contributed by atoms with van der Waals surface area (Å²) in [6.45, 7) is 6.72. The zero-order chi connectivity index (χ0) is 20.9. The average molecular weight is 397 g/mol. The van der Waals surface area contributed by atoms with Crippen molar-refractivity contribution in [2.45, 2.75) is 33.6 Å². The molecule has 7 nitrogen and oxygen atoms in total. The van der Waals surface area contributed by atoms with Crippen LogP contribution in [0.5, 0.6) is 11.5 Å². The van der Waals surface area contributed by atoms with E-state index in [9.17, 15) is 9.59 Å². The van der Waals surface area contributed by atoms with Crippen LogP contribution in [0.3, 0.4) is 0 Å². The van der Waals surface area contributed by atoms with Crippen LogP contribution in [0.1, 0.15) is 33.6 Å². The van der Waals surface area contributed by atoms with Gasteiger partial charge in [0.05, 0.1) is 17.7 Å². The zero-order valence-electron chi connectivity index (χ0n) is 17.0. The molecule has 3 amide bonds. The first-order chi connectivity index (χ1) is 13.9. The Morgan fingerprint density at radius 1 is 1.14 bits per heavy atom. The van der Waals surface area contributed by atoms with E-state index in [1.54, 1.807) is 30.3 Å². The van der Waals surface area contributed by atoms with Gasteiger partial charge < -0.3 is 25.4 Å². The van der Waals surface area contributed by atoms with Gasteiger partial charge in [-0.25, -0.2) is 4.79 Å². The maximum Gasteiger partial charge on any atom is 0.323 e. The Kier molecular flexibility index (Phi) is 6.26. The van der Waals surface area contributed by atoms with Crippen molar-refractivity contribution in [3.05, 3.63) is 42.5 Å². The van der Waals surface area contributed by atoms with Crippen molar-refractivity contribution in [3.8, 4) is 11.5 Å². The Hall–Kier alpha value is -3.22. The molecule has 2 aromatic rings. The highest BCUT2D eigenvalue weighted by molar-refractivity contribution is 6.01. The third-order valence-corrected chi connectivity index (χ3v) is 4.57. The van der Waals surface area contributed by atoms with Gasteiger partial charge in [-0.05, 0) is 62.7 Å². The van der Waals surface area contributed by atoms with Gasteiger partial charge in [0, 0.05) is 11.4 Å². The highest BCUT2D eigenvalue weighted by Crippen LogP contribution is 2.34. The Morgan fingerprint density at radius 3 is 2.55 bits per heavy atom. The van der Waals surface area contributed by atoms with E-state index in [2.05, 4.69) is 22.9 Å². The molecule has 0 fully saturated rings. The lowest BCUT2D eigenvalue weighted by molar-refractivity contribution is -0.124. The molecule has 0 saturated heterocycles. The van der Waals surface area contributed by atoms with E-state index in [0.29, 0.717) is 29.4 Å². The first kappa shape index (κ1) is 20.5. The van der Waals surface area contributed by atoms with Crippen LogP contribution in [0.4, 0.5) is 21.9 Å². The van der Waals surface area contributed by atoms with E-state index in [0.717, 1.165) is 18.6 Å². The minimum absolute atomic E-state index is 0.126. The number of nitrogens with one attached hydrogen (secondary N) is 3. The fourth-order valence-corrected chi connectivity index (χ4v) is 2.71. The first-order valence-corrected chi connectivity index (χ1v) is 9.76. The number of urea groups is 1. The molecule has 29 heavy (non-hydrogen) atoms. The van der Waals surface area contributed by atoms with Crippen molar-refractivity contribution in [3.63, 3.8) is 0 Å². The second-order valence-electron chi connectivity index (χ2n) is 7.64. The van der Waals surface area contributed by atoms with Crippen LogP contribution in [0.2, 0.25) is 0 Å². The monoisotopic (exact) mass is 397 g/mol. The number of carbonyl (C=O) groups excluding carboxylic acids is 2. The van der Waals surface area contributed by atoms with Gasteiger partial charge in [0.15, 0.2) is 0 Å². The summed E-state index contributed by atoms with van der Waals surface area (Å²) in [5.74, 6) is 1.22. The lowest BCUT2D eigenvalue weighted by atomic mass is 9.94. The van der Waals surface area contributed by atoms with Crippen molar-refractivity contribution >= 4 is 29.0 Å². The zero-order valence-corrected chi connectivity index (χ0v) is 17.0. The van der Waals surface area contributed by atoms with Gasteiger partial charge in [0.25, 0.3) is 0 Å². The summed E-state index contributed by atoms with van der Waals surface area (Å²) >= 11 is 0. The SMILES string of the molecule is CCCCOc1ccc(NC(=O)Nc2ccc3c(c2)NC(=O)C(C)(C)CO3)cc1. The van der Waals surface area contributed by atoms with Gasteiger partial charge in [-0.2, -0.15) is 0 Å². The third kappa shape index (κ3) is 5.40. The lowest BCUT2D eigenvalue weighted by Crippen LogP contribution is -2.33. The number of rotatable bonds is 6. The number of ether oxygens (including phenoxy) is 2. The van der Waals surface area contributed by atoms with E-state index in [-0.39, 0.29) is 18.5 Å². The van der Waals surface area contributed by atoms with Gasteiger partial charge in [-0.1, -0.05) is 13.3 Å². The molecule has 1 heterocycles.